The van der Waals surface area contributed by atoms with Gasteiger partial charge in [-0.15, -0.1) is 0 Å². The number of amides is 1. The van der Waals surface area contributed by atoms with Crippen molar-refractivity contribution >= 4 is 43.4 Å². The van der Waals surface area contributed by atoms with Crippen molar-refractivity contribution < 1.29 is 14.3 Å². The Balaban J connectivity index is 2.15. The number of hydrogen-bond donors (Lipinski definition) is 0. The first-order valence-electron chi connectivity index (χ1n) is 7.67. The Bertz CT molecular complexity index is 1010. The third-order valence-corrected chi connectivity index (χ3v) is 5.33. The summed E-state index contributed by atoms with van der Waals surface area (Å²) in [6, 6.07) is 11.1. The van der Waals surface area contributed by atoms with E-state index in [0.717, 1.165) is 21.2 Å². The number of methoxy groups -OCH3 is 2. The third-order valence-electron chi connectivity index (χ3n) is 3.80. The van der Waals surface area contributed by atoms with Crippen LogP contribution in [0.2, 0.25) is 0 Å². The summed E-state index contributed by atoms with van der Waals surface area (Å²) < 4.78 is 14.6. The molecule has 5 nitrogen and oxygen atoms in total. The highest BCUT2D eigenvalue weighted by Crippen LogP contribution is 2.25. The molecule has 2 aromatic carbocycles. The van der Waals surface area contributed by atoms with Crippen LogP contribution >= 0.6 is 27.3 Å². The van der Waals surface area contributed by atoms with Crippen molar-refractivity contribution in [1.82, 2.24) is 4.57 Å². The van der Waals surface area contributed by atoms with Crippen molar-refractivity contribution in [2.75, 3.05) is 14.2 Å². The van der Waals surface area contributed by atoms with Crippen LogP contribution in [0.3, 0.4) is 0 Å². The average Bonchev–Trinajstić information content (AvgIpc) is 2.96. The second kappa shape index (κ2) is 7.41. The highest BCUT2D eigenvalue weighted by molar-refractivity contribution is 9.10. The molecule has 25 heavy (non-hydrogen) atoms. The molecule has 0 aliphatic carbocycles. The summed E-state index contributed by atoms with van der Waals surface area (Å²) in [6.07, 6.45) is 0. The molecule has 0 spiro atoms. The normalized spacial score (nSPS) is 11.8. The highest BCUT2D eigenvalue weighted by atomic mass is 79.9. The molecule has 0 atom stereocenters. The van der Waals surface area contributed by atoms with Crippen LogP contribution in [0.4, 0.5) is 0 Å². The topological polar surface area (TPSA) is 52.8 Å². The number of fused-ring (bicyclic) bond motifs is 1. The molecule has 0 unspecified atom stereocenters. The van der Waals surface area contributed by atoms with Gasteiger partial charge in [0.05, 0.1) is 30.0 Å². The Hall–Kier alpha value is -2.12. The molecule has 130 valence electrons. The average molecular weight is 421 g/mol. The zero-order chi connectivity index (χ0) is 18.0. The van der Waals surface area contributed by atoms with Crippen LogP contribution < -0.4 is 14.3 Å². The standard InChI is InChI=1S/C18H17BrN2O3S/c1-4-21-14-7-5-11(19)9-16(14)25-18(21)20-17(22)13-10-12(23-2)6-8-15(13)24-3/h5-10H,4H2,1-3H3. The summed E-state index contributed by atoms with van der Waals surface area (Å²) in [7, 11) is 3.09. The number of aryl methyl sites for hydroxylation is 1. The van der Waals surface area contributed by atoms with Crippen molar-refractivity contribution in [2.24, 2.45) is 4.99 Å². The van der Waals surface area contributed by atoms with Gasteiger partial charge in [-0.25, -0.2) is 0 Å². The summed E-state index contributed by atoms with van der Waals surface area (Å²) >= 11 is 4.96. The van der Waals surface area contributed by atoms with E-state index in [4.69, 9.17) is 9.47 Å². The summed E-state index contributed by atoms with van der Waals surface area (Å²) in [6.45, 7) is 2.76. The molecule has 1 heterocycles. The zero-order valence-electron chi connectivity index (χ0n) is 14.1. The van der Waals surface area contributed by atoms with Gasteiger partial charge in [0.25, 0.3) is 5.91 Å². The van der Waals surface area contributed by atoms with Gasteiger partial charge in [0, 0.05) is 11.0 Å². The van der Waals surface area contributed by atoms with Crippen molar-refractivity contribution in [2.45, 2.75) is 13.5 Å². The fraction of sp³-hybridized carbons (Fsp3) is 0.222. The van der Waals surface area contributed by atoms with E-state index in [-0.39, 0.29) is 5.91 Å². The number of thiazole rings is 1. The van der Waals surface area contributed by atoms with Crippen LogP contribution in [0.1, 0.15) is 17.3 Å². The molecular weight excluding hydrogens is 404 g/mol. The van der Waals surface area contributed by atoms with E-state index in [1.807, 2.05) is 29.7 Å². The monoisotopic (exact) mass is 420 g/mol. The maximum absolute atomic E-state index is 12.8. The molecule has 3 rings (SSSR count). The van der Waals surface area contributed by atoms with Crippen LogP contribution in [0.5, 0.6) is 11.5 Å². The summed E-state index contributed by atoms with van der Waals surface area (Å²) in [4.78, 5) is 17.8. The van der Waals surface area contributed by atoms with Crippen molar-refractivity contribution in [3.8, 4) is 11.5 Å². The number of hydrogen-bond acceptors (Lipinski definition) is 4. The highest BCUT2D eigenvalue weighted by Gasteiger charge is 2.14. The molecule has 1 aromatic heterocycles. The van der Waals surface area contributed by atoms with E-state index >= 15 is 0 Å². The Kier molecular flexibility index (Phi) is 5.24. The lowest BCUT2D eigenvalue weighted by molar-refractivity contribution is 0.0994. The Morgan fingerprint density at radius 2 is 2.00 bits per heavy atom. The fourth-order valence-electron chi connectivity index (χ4n) is 2.57. The van der Waals surface area contributed by atoms with Gasteiger partial charge in [-0.2, -0.15) is 4.99 Å². The minimum absolute atomic E-state index is 0.358. The number of nitrogens with zero attached hydrogens (tertiary/aromatic N) is 2. The number of halogens is 1. The molecule has 1 amide bonds. The first kappa shape index (κ1) is 17.7. The lowest BCUT2D eigenvalue weighted by Crippen LogP contribution is -2.16. The van der Waals surface area contributed by atoms with Gasteiger partial charge in [-0.05, 0) is 43.3 Å². The Morgan fingerprint density at radius 3 is 2.68 bits per heavy atom. The first-order valence-corrected chi connectivity index (χ1v) is 9.28. The molecule has 3 aromatic rings. The fourth-order valence-corrected chi connectivity index (χ4v) is 4.21. The summed E-state index contributed by atoms with van der Waals surface area (Å²) in [5.74, 6) is 0.702. The lowest BCUT2D eigenvalue weighted by atomic mass is 10.2. The van der Waals surface area contributed by atoms with Crippen molar-refractivity contribution in [3.63, 3.8) is 0 Å². The van der Waals surface area contributed by atoms with Crippen LogP contribution in [0.25, 0.3) is 10.2 Å². The van der Waals surface area contributed by atoms with Gasteiger partial charge >= 0.3 is 0 Å². The molecule has 0 bridgehead atoms. The van der Waals surface area contributed by atoms with Crippen LogP contribution in [0, 0.1) is 0 Å². The van der Waals surface area contributed by atoms with Gasteiger partial charge in [0.15, 0.2) is 4.80 Å². The number of aromatic nitrogens is 1. The Morgan fingerprint density at radius 1 is 1.20 bits per heavy atom. The van der Waals surface area contributed by atoms with Crippen LogP contribution in [-0.2, 0) is 6.54 Å². The predicted octanol–water partition coefficient (Wildman–Crippen LogP) is 4.24. The quantitative estimate of drug-likeness (QED) is 0.633. The smallest absolute Gasteiger partial charge is 0.283 e. The van der Waals surface area contributed by atoms with Crippen LogP contribution in [-0.4, -0.2) is 24.7 Å². The van der Waals surface area contributed by atoms with Crippen molar-refractivity contribution in [3.05, 3.63) is 51.2 Å². The third kappa shape index (κ3) is 3.48. The van der Waals surface area contributed by atoms with Gasteiger partial charge in [0.2, 0.25) is 0 Å². The number of carbonyl (C=O) groups excluding carboxylic acids is 1. The van der Waals surface area contributed by atoms with Gasteiger partial charge in [-0.3, -0.25) is 4.79 Å². The van der Waals surface area contributed by atoms with Gasteiger partial charge < -0.3 is 14.0 Å². The minimum atomic E-state index is -0.358. The van der Waals surface area contributed by atoms with E-state index in [0.29, 0.717) is 21.9 Å². The number of carbonyl (C=O) groups is 1. The van der Waals surface area contributed by atoms with E-state index < -0.39 is 0 Å². The minimum Gasteiger partial charge on any atom is -0.497 e. The molecule has 7 heteroatoms. The number of benzene rings is 2. The van der Waals surface area contributed by atoms with E-state index in [1.165, 1.54) is 18.4 Å². The SMILES string of the molecule is CCn1c(=NC(=O)c2cc(OC)ccc2OC)sc2cc(Br)ccc21. The van der Waals surface area contributed by atoms with E-state index in [2.05, 4.69) is 20.9 Å². The lowest BCUT2D eigenvalue weighted by Gasteiger charge is -2.07. The molecule has 0 N–H and O–H groups in total. The number of rotatable bonds is 4. The largest absolute Gasteiger partial charge is 0.497 e. The molecule has 0 radical (unpaired) electrons. The molecule has 0 saturated heterocycles. The molecular formula is C18H17BrN2O3S. The molecule has 0 aliphatic rings. The van der Waals surface area contributed by atoms with Gasteiger partial charge in [-0.1, -0.05) is 27.3 Å². The molecule has 0 aliphatic heterocycles. The number of ether oxygens (including phenoxy) is 2. The molecule has 0 saturated carbocycles. The summed E-state index contributed by atoms with van der Waals surface area (Å²) in [5, 5.41) is 0. The van der Waals surface area contributed by atoms with Crippen molar-refractivity contribution in [1.29, 1.82) is 0 Å². The second-order valence-corrected chi connectivity index (χ2v) is 7.15. The summed E-state index contributed by atoms with van der Waals surface area (Å²) in [5.41, 5.74) is 1.43. The van der Waals surface area contributed by atoms with Crippen LogP contribution in [0.15, 0.2) is 45.9 Å². The maximum Gasteiger partial charge on any atom is 0.283 e. The van der Waals surface area contributed by atoms with Gasteiger partial charge in [0.1, 0.15) is 11.5 Å². The maximum atomic E-state index is 12.8. The zero-order valence-corrected chi connectivity index (χ0v) is 16.5. The second-order valence-electron chi connectivity index (χ2n) is 5.22. The van der Waals surface area contributed by atoms with E-state index in [9.17, 15) is 4.79 Å². The predicted molar refractivity (Wildman–Crippen MR) is 103 cm³/mol. The first-order chi connectivity index (χ1) is 12.1. The Labute approximate surface area is 157 Å². The molecule has 0 fully saturated rings. The van der Waals surface area contributed by atoms with E-state index in [1.54, 1.807) is 25.3 Å².